The van der Waals surface area contributed by atoms with Gasteiger partial charge in [-0.05, 0) is 36.1 Å². The minimum absolute atomic E-state index is 0. The maximum absolute atomic E-state index is 11.0. The van der Waals surface area contributed by atoms with Crippen LogP contribution in [0.1, 0.15) is 32.4 Å². The lowest BCUT2D eigenvalue weighted by atomic mass is 9.98. The molecule has 19 heavy (non-hydrogen) atoms. The molecule has 0 spiro atoms. The molecule has 6 heteroatoms. The summed E-state index contributed by atoms with van der Waals surface area (Å²) in [5.41, 5.74) is 7.14. The Labute approximate surface area is 120 Å². The molecule has 1 heterocycles. The highest BCUT2D eigenvalue weighted by Gasteiger charge is 2.18. The number of aryl methyl sites for hydroxylation is 1. The first-order valence-electron chi connectivity index (χ1n) is 5.36. The van der Waals surface area contributed by atoms with Crippen molar-refractivity contribution < 1.29 is 15.0 Å². The quantitative estimate of drug-likeness (QED) is 0.813. The van der Waals surface area contributed by atoms with Gasteiger partial charge in [-0.1, -0.05) is 6.07 Å². The summed E-state index contributed by atoms with van der Waals surface area (Å²) in [6.07, 6.45) is 0. The Morgan fingerprint density at radius 3 is 2.63 bits per heavy atom. The van der Waals surface area contributed by atoms with E-state index in [0.29, 0.717) is 11.1 Å². The maximum Gasteiger partial charge on any atom is 0.335 e. The fourth-order valence-electron chi connectivity index (χ4n) is 1.79. The second kappa shape index (κ2) is 6.06. The first-order valence-corrected chi connectivity index (χ1v) is 6.24. The molecule has 0 aliphatic carbocycles. The molecule has 0 aliphatic heterocycles. The van der Waals surface area contributed by atoms with Crippen molar-refractivity contribution in [1.82, 2.24) is 0 Å². The Bertz CT molecular complexity index is 584. The molecule has 4 nitrogen and oxygen atoms in total. The molecular weight excluding hydrogens is 286 g/mol. The van der Waals surface area contributed by atoms with E-state index < -0.39 is 12.0 Å². The molecule has 2 rings (SSSR count). The van der Waals surface area contributed by atoms with Crippen LogP contribution < -0.4 is 5.73 Å². The van der Waals surface area contributed by atoms with Gasteiger partial charge in [0.2, 0.25) is 0 Å². The van der Waals surface area contributed by atoms with Gasteiger partial charge in [0.05, 0.1) is 11.6 Å². The van der Waals surface area contributed by atoms with Crippen molar-refractivity contribution in [3.8, 4) is 5.75 Å². The third-order valence-corrected chi connectivity index (χ3v) is 3.72. The summed E-state index contributed by atoms with van der Waals surface area (Å²) in [6.45, 7) is 1.66. The number of benzene rings is 1. The lowest BCUT2D eigenvalue weighted by Crippen LogP contribution is -2.12. The number of carboxylic acid groups (broad SMARTS) is 1. The van der Waals surface area contributed by atoms with Crippen LogP contribution in [0.4, 0.5) is 0 Å². The average molecular weight is 300 g/mol. The van der Waals surface area contributed by atoms with Crippen molar-refractivity contribution >= 4 is 29.7 Å². The van der Waals surface area contributed by atoms with Crippen LogP contribution in [0.3, 0.4) is 0 Å². The van der Waals surface area contributed by atoms with Crippen LogP contribution in [0.2, 0.25) is 0 Å². The summed E-state index contributed by atoms with van der Waals surface area (Å²) in [4.78, 5) is 11.9. The van der Waals surface area contributed by atoms with Crippen LogP contribution in [0, 0.1) is 6.92 Å². The van der Waals surface area contributed by atoms with Crippen molar-refractivity contribution in [3.63, 3.8) is 0 Å². The minimum Gasteiger partial charge on any atom is -0.507 e. The Balaban J connectivity index is 0.00000180. The van der Waals surface area contributed by atoms with E-state index in [1.54, 1.807) is 6.92 Å². The average Bonchev–Trinajstić information content (AvgIpc) is 2.85. The predicted molar refractivity (Wildman–Crippen MR) is 77.4 cm³/mol. The highest BCUT2D eigenvalue weighted by Crippen LogP contribution is 2.33. The first kappa shape index (κ1) is 15.5. The van der Waals surface area contributed by atoms with Crippen molar-refractivity contribution in [2.75, 3.05) is 0 Å². The number of nitrogens with two attached hydrogens (primary N) is 1. The van der Waals surface area contributed by atoms with Crippen LogP contribution in [0.15, 0.2) is 29.6 Å². The zero-order valence-electron chi connectivity index (χ0n) is 10.2. The molecule has 1 aromatic carbocycles. The van der Waals surface area contributed by atoms with E-state index in [0.717, 1.165) is 4.88 Å². The monoisotopic (exact) mass is 299 g/mol. The number of thiophene rings is 1. The fourth-order valence-corrected chi connectivity index (χ4v) is 2.53. The molecule has 0 amide bonds. The summed E-state index contributed by atoms with van der Waals surface area (Å²) in [5, 5.41) is 20.9. The summed E-state index contributed by atoms with van der Waals surface area (Å²) in [5.74, 6) is -0.973. The Kier molecular flexibility index (Phi) is 4.94. The van der Waals surface area contributed by atoms with Gasteiger partial charge in [0.25, 0.3) is 0 Å². The van der Waals surface area contributed by atoms with Gasteiger partial charge in [-0.15, -0.1) is 23.7 Å². The number of hydrogen-bond acceptors (Lipinski definition) is 4. The van der Waals surface area contributed by atoms with Gasteiger partial charge < -0.3 is 15.9 Å². The smallest absolute Gasteiger partial charge is 0.335 e. The van der Waals surface area contributed by atoms with Crippen LogP contribution in [0.5, 0.6) is 5.75 Å². The molecule has 0 aliphatic rings. The number of rotatable bonds is 3. The standard InChI is InChI=1S/C13H13NO3S.ClH/c1-7-5-8(13(16)17)6-9(12(7)15)11(14)10-3-2-4-18-10;/h2-6,11,15H,14H2,1H3,(H,16,17);1H/t11-;/m1./s1. The zero-order valence-corrected chi connectivity index (χ0v) is 11.8. The normalized spacial score (nSPS) is 11.7. The molecular formula is C13H14ClNO3S. The minimum atomic E-state index is -1.03. The molecule has 2 aromatic rings. The molecule has 1 atom stereocenters. The van der Waals surface area contributed by atoms with E-state index in [2.05, 4.69) is 0 Å². The zero-order chi connectivity index (χ0) is 13.3. The number of carbonyl (C=O) groups is 1. The molecule has 0 fully saturated rings. The first-order chi connectivity index (χ1) is 8.50. The lowest BCUT2D eigenvalue weighted by molar-refractivity contribution is 0.0696. The van der Waals surface area contributed by atoms with Crippen molar-refractivity contribution in [2.45, 2.75) is 13.0 Å². The second-order valence-corrected chi connectivity index (χ2v) is 5.01. The topological polar surface area (TPSA) is 83.5 Å². The van der Waals surface area contributed by atoms with Gasteiger partial charge in [-0.25, -0.2) is 4.79 Å². The van der Waals surface area contributed by atoms with Gasteiger partial charge in [-0.2, -0.15) is 0 Å². The maximum atomic E-state index is 11.0. The van der Waals surface area contributed by atoms with E-state index in [1.807, 2.05) is 17.5 Å². The SMILES string of the molecule is Cc1cc(C(=O)O)cc([C@@H](N)c2cccs2)c1O.Cl. The Morgan fingerprint density at radius 1 is 1.42 bits per heavy atom. The molecule has 102 valence electrons. The largest absolute Gasteiger partial charge is 0.507 e. The number of aromatic hydroxyl groups is 1. The highest BCUT2D eigenvalue weighted by molar-refractivity contribution is 7.10. The molecule has 0 bridgehead atoms. The van der Waals surface area contributed by atoms with Crippen molar-refractivity contribution in [3.05, 3.63) is 51.2 Å². The molecule has 0 saturated heterocycles. The van der Waals surface area contributed by atoms with Gasteiger partial charge in [0.1, 0.15) is 5.75 Å². The van der Waals surface area contributed by atoms with Crippen molar-refractivity contribution in [2.24, 2.45) is 5.73 Å². The third-order valence-electron chi connectivity index (χ3n) is 2.76. The van der Waals surface area contributed by atoms with E-state index >= 15 is 0 Å². The lowest BCUT2D eigenvalue weighted by Gasteiger charge is -2.14. The van der Waals surface area contributed by atoms with Gasteiger partial charge in [0.15, 0.2) is 0 Å². The summed E-state index contributed by atoms with van der Waals surface area (Å²) in [6, 6.07) is 6.07. The summed E-state index contributed by atoms with van der Waals surface area (Å²) < 4.78 is 0. The van der Waals surface area contributed by atoms with Crippen LogP contribution in [-0.4, -0.2) is 16.2 Å². The number of aromatic carboxylic acids is 1. The number of phenolic OH excluding ortho intramolecular Hbond substituents is 1. The number of phenols is 1. The number of halogens is 1. The van der Waals surface area contributed by atoms with Crippen molar-refractivity contribution in [1.29, 1.82) is 0 Å². The van der Waals surface area contributed by atoms with E-state index in [1.165, 1.54) is 23.5 Å². The molecule has 0 unspecified atom stereocenters. The molecule has 1 aromatic heterocycles. The van der Waals surface area contributed by atoms with Crippen LogP contribution in [0.25, 0.3) is 0 Å². The number of hydrogen-bond donors (Lipinski definition) is 3. The molecule has 4 N–H and O–H groups in total. The summed E-state index contributed by atoms with van der Waals surface area (Å²) in [7, 11) is 0. The van der Waals surface area contributed by atoms with E-state index in [4.69, 9.17) is 10.8 Å². The van der Waals surface area contributed by atoms with Gasteiger partial charge in [-0.3, -0.25) is 0 Å². The van der Waals surface area contributed by atoms with E-state index in [-0.39, 0.29) is 23.7 Å². The second-order valence-electron chi connectivity index (χ2n) is 4.03. The Hall–Kier alpha value is -1.56. The fraction of sp³-hybridized carbons (Fsp3) is 0.154. The van der Waals surface area contributed by atoms with Crippen LogP contribution >= 0.6 is 23.7 Å². The Morgan fingerprint density at radius 2 is 2.11 bits per heavy atom. The van der Waals surface area contributed by atoms with Crippen LogP contribution in [-0.2, 0) is 0 Å². The van der Waals surface area contributed by atoms with Gasteiger partial charge >= 0.3 is 5.97 Å². The predicted octanol–water partition coefficient (Wildman–Crippen LogP) is 2.93. The third kappa shape index (κ3) is 3.07. The van der Waals surface area contributed by atoms with Gasteiger partial charge in [0, 0.05) is 10.4 Å². The molecule has 0 radical (unpaired) electrons. The highest BCUT2D eigenvalue weighted by atomic mass is 35.5. The number of carboxylic acids is 1. The molecule has 0 saturated carbocycles. The summed E-state index contributed by atoms with van der Waals surface area (Å²) >= 11 is 1.47. The van der Waals surface area contributed by atoms with E-state index in [9.17, 15) is 9.90 Å².